The average molecular weight is 262 g/mol. The minimum absolute atomic E-state index is 0.0694. The van der Waals surface area contributed by atoms with E-state index in [1.54, 1.807) is 25.1 Å². The normalized spacial score (nSPS) is 11.8. The lowest BCUT2D eigenvalue weighted by Crippen LogP contribution is -1.92. The summed E-state index contributed by atoms with van der Waals surface area (Å²) in [4.78, 5) is 11.1. The molecule has 0 atom stereocenters. The summed E-state index contributed by atoms with van der Waals surface area (Å²) in [6.07, 6.45) is 4.60. The number of ketones is 1. The molecule has 0 radical (unpaired) electrons. The second-order valence-electron chi connectivity index (χ2n) is 3.88. The molecule has 0 aliphatic carbocycles. The zero-order valence-corrected chi connectivity index (χ0v) is 11.1. The molecule has 0 saturated heterocycles. The number of ether oxygens (including phenoxy) is 1. The van der Waals surface area contributed by atoms with Crippen molar-refractivity contribution in [1.82, 2.24) is 0 Å². The van der Waals surface area contributed by atoms with Gasteiger partial charge in [0.2, 0.25) is 0 Å². The second-order valence-corrected chi connectivity index (χ2v) is 3.88. The van der Waals surface area contributed by atoms with Gasteiger partial charge in [-0.2, -0.15) is 0 Å². The molecule has 0 amide bonds. The summed E-state index contributed by atoms with van der Waals surface area (Å²) >= 11 is 0. The highest BCUT2D eigenvalue weighted by molar-refractivity contribution is 5.90. The van der Waals surface area contributed by atoms with Crippen LogP contribution in [0.4, 0.5) is 0 Å². The molecule has 1 aromatic rings. The van der Waals surface area contributed by atoms with E-state index in [0.717, 1.165) is 5.56 Å². The van der Waals surface area contributed by atoms with Crippen LogP contribution < -0.4 is 4.74 Å². The molecule has 19 heavy (non-hydrogen) atoms. The fraction of sp³-hybridized carbons (Fsp3) is 0.267. The fourth-order valence-corrected chi connectivity index (χ4v) is 1.40. The summed E-state index contributed by atoms with van der Waals surface area (Å²) < 4.78 is 5.25. The van der Waals surface area contributed by atoms with Gasteiger partial charge in [-0.05, 0) is 30.7 Å². The van der Waals surface area contributed by atoms with Crippen molar-refractivity contribution in [3.05, 3.63) is 41.7 Å². The maximum absolute atomic E-state index is 11.1. The topological polar surface area (TPSA) is 66.8 Å². The third kappa shape index (κ3) is 4.87. The first-order valence-electron chi connectivity index (χ1n) is 6.14. The molecule has 102 valence electrons. The van der Waals surface area contributed by atoms with Crippen molar-refractivity contribution in [2.24, 2.45) is 0 Å². The van der Waals surface area contributed by atoms with E-state index in [1.807, 2.05) is 6.92 Å². The highest BCUT2D eigenvalue weighted by atomic mass is 16.5. The number of carbonyl (C=O) groups excluding carboxylic acids is 1. The van der Waals surface area contributed by atoms with Gasteiger partial charge >= 0.3 is 0 Å². The fourth-order valence-electron chi connectivity index (χ4n) is 1.40. The highest BCUT2D eigenvalue weighted by Crippen LogP contribution is 2.27. The minimum Gasteiger partial charge on any atom is -0.508 e. The Labute approximate surface area is 112 Å². The van der Waals surface area contributed by atoms with Gasteiger partial charge in [0, 0.05) is 12.5 Å². The number of hydrogen-bond acceptors (Lipinski definition) is 4. The summed E-state index contributed by atoms with van der Waals surface area (Å²) in [7, 11) is 0. The molecule has 4 heteroatoms. The van der Waals surface area contributed by atoms with Crippen LogP contribution in [0, 0.1) is 0 Å². The van der Waals surface area contributed by atoms with E-state index in [-0.39, 0.29) is 17.3 Å². The van der Waals surface area contributed by atoms with Crippen LogP contribution in [0.5, 0.6) is 11.5 Å². The number of aromatic hydroxyl groups is 1. The van der Waals surface area contributed by atoms with E-state index in [1.165, 1.54) is 18.2 Å². The second kappa shape index (κ2) is 7.26. The van der Waals surface area contributed by atoms with Crippen LogP contribution in [0.1, 0.15) is 25.8 Å². The maximum atomic E-state index is 11.1. The van der Waals surface area contributed by atoms with Crippen LogP contribution in [-0.4, -0.2) is 22.6 Å². The summed E-state index contributed by atoms with van der Waals surface area (Å²) in [5, 5.41) is 19.1. The van der Waals surface area contributed by atoms with Gasteiger partial charge in [-0.3, -0.25) is 4.79 Å². The summed E-state index contributed by atoms with van der Waals surface area (Å²) in [5.41, 5.74) is 0.755. The first-order valence-corrected chi connectivity index (χ1v) is 6.14. The molecule has 0 saturated carbocycles. The number of rotatable bonds is 6. The van der Waals surface area contributed by atoms with E-state index in [4.69, 9.17) is 4.74 Å². The zero-order chi connectivity index (χ0) is 14.3. The Morgan fingerprint density at radius 1 is 1.37 bits per heavy atom. The van der Waals surface area contributed by atoms with Crippen molar-refractivity contribution >= 4 is 11.9 Å². The number of allylic oxidation sites excluding steroid dienone is 2. The van der Waals surface area contributed by atoms with Crippen LogP contribution in [-0.2, 0) is 4.79 Å². The van der Waals surface area contributed by atoms with E-state index in [9.17, 15) is 15.0 Å². The number of hydrogen-bond donors (Lipinski definition) is 2. The van der Waals surface area contributed by atoms with Crippen LogP contribution in [0.3, 0.4) is 0 Å². The van der Waals surface area contributed by atoms with Crippen molar-refractivity contribution in [1.29, 1.82) is 0 Å². The SMILES string of the molecule is CCOc1cc(C=CC(O)=CC(=O)CC)ccc1O. The lowest BCUT2D eigenvalue weighted by Gasteiger charge is -2.06. The summed E-state index contributed by atoms with van der Waals surface area (Å²) in [5.74, 6) is 0.221. The van der Waals surface area contributed by atoms with Gasteiger partial charge in [-0.1, -0.05) is 19.1 Å². The van der Waals surface area contributed by atoms with Gasteiger partial charge in [-0.15, -0.1) is 0 Å². The summed E-state index contributed by atoms with van der Waals surface area (Å²) in [6.45, 7) is 4.01. The van der Waals surface area contributed by atoms with E-state index < -0.39 is 0 Å². The Bertz CT molecular complexity index is 501. The molecule has 0 aromatic heterocycles. The molecule has 0 aliphatic rings. The molecule has 4 nitrogen and oxygen atoms in total. The first kappa shape index (κ1) is 14.8. The Hall–Kier alpha value is -2.23. The first-order chi connectivity index (χ1) is 9.06. The predicted molar refractivity (Wildman–Crippen MR) is 74.3 cm³/mol. The number of aliphatic hydroxyl groups excluding tert-OH is 1. The largest absolute Gasteiger partial charge is 0.508 e. The molecular weight excluding hydrogens is 244 g/mol. The monoisotopic (exact) mass is 262 g/mol. The summed E-state index contributed by atoms with van der Waals surface area (Å²) in [6, 6.07) is 4.86. The Morgan fingerprint density at radius 2 is 2.11 bits per heavy atom. The third-order valence-electron chi connectivity index (χ3n) is 2.39. The zero-order valence-electron chi connectivity index (χ0n) is 11.1. The van der Waals surface area contributed by atoms with Crippen molar-refractivity contribution in [2.45, 2.75) is 20.3 Å². The van der Waals surface area contributed by atoms with Crippen LogP contribution in [0.15, 0.2) is 36.1 Å². The van der Waals surface area contributed by atoms with E-state index in [0.29, 0.717) is 18.8 Å². The van der Waals surface area contributed by atoms with E-state index >= 15 is 0 Å². The molecular formula is C15H18O4. The third-order valence-corrected chi connectivity index (χ3v) is 2.39. The van der Waals surface area contributed by atoms with Crippen LogP contribution >= 0.6 is 0 Å². The molecule has 0 aliphatic heterocycles. The molecule has 0 heterocycles. The van der Waals surface area contributed by atoms with Crippen molar-refractivity contribution in [3.63, 3.8) is 0 Å². The highest BCUT2D eigenvalue weighted by Gasteiger charge is 2.01. The minimum atomic E-state index is -0.136. The molecule has 0 bridgehead atoms. The smallest absolute Gasteiger partial charge is 0.161 e. The molecule has 1 rings (SSSR count). The molecule has 0 fully saturated rings. The van der Waals surface area contributed by atoms with Crippen molar-refractivity contribution in [2.75, 3.05) is 6.61 Å². The van der Waals surface area contributed by atoms with Crippen LogP contribution in [0.25, 0.3) is 6.08 Å². The standard InChI is InChI=1S/C15H18O4/c1-3-12(16)10-13(17)7-5-11-6-8-14(18)15(9-11)19-4-2/h5-10,17-18H,3-4H2,1-2H3. The van der Waals surface area contributed by atoms with Gasteiger partial charge in [-0.25, -0.2) is 0 Å². The number of carbonyl (C=O) groups is 1. The van der Waals surface area contributed by atoms with Crippen molar-refractivity contribution < 1.29 is 19.7 Å². The number of phenolic OH excluding ortho intramolecular Hbond substituents is 1. The van der Waals surface area contributed by atoms with Crippen molar-refractivity contribution in [3.8, 4) is 11.5 Å². The number of benzene rings is 1. The lowest BCUT2D eigenvalue weighted by molar-refractivity contribution is -0.114. The number of aliphatic hydroxyl groups is 1. The molecule has 1 aromatic carbocycles. The Kier molecular flexibility index (Phi) is 5.67. The number of phenols is 1. The molecule has 0 unspecified atom stereocenters. The quantitative estimate of drug-likeness (QED) is 0.469. The lowest BCUT2D eigenvalue weighted by atomic mass is 10.1. The van der Waals surface area contributed by atoms with Gasteiger partial charge in [0.05, 0.1) is 6.61 Å². The van der Waals surface area contributed by atoms with Gasteiger partial charge in [0.25, 0.3) is 0 Å². The molecule has 2 N–H and O–H groups in total. The van der Waals surface area contributed by atoms with Crippen LogP contribution in [0.2, 0.25) is 0 Å². The van der Waals surface area contributed by atoms with Gasteiger partial charge < -0.3 is 14.9 Å². The Morgan fingerprint density at radius 3 is 2.74 bits per heavy atom. The van der Waals surface area contributed by atoms with Gasteiger partial charge in [0.1, 0.15) is 5.76 Å². The molecule has 0 spiro atoms. The maximum Gasteiger partial charge on any atom is 0.161 e. The van der Waals surface area contributed by atoms with Gasteiger partial charge in [0.15, 0.2) is 17.3 Å². The predicted octanol–water partition coefficient (Wildman–Crippen LogP) is 3.23. The Balaban J connectivity index is 2.85. The average Bonchev–Trinajstić information content (AvgIpc) is 2.39. The van der Waals surface area contributed by atoms with E-state index in [2.05, 4.69) is 0 Å².